The molecule has 0 aliphatic carbocycles. The van der Waals surface area contributed by atoms with E-state index in [1.54, 1.807) is 16.9 Å². The minimum atomic E-state index is -4.19. The zero-order valence-electron chi connectivity index (χ0n) is 15.0. The van der Waals surface area contributed by atoms with Gasteiger partial charge >= 0.3 is 0 Å². The zero-order chi connectivity index (χ0) is 20.0. The highest BCUT2D eigenvalue weighted by atomic mass is 32.2. The number of hydrogen-bond acceptors (Lipinski definition) is 6. The van der Waals surface area contributed by atoms with E-state index in [1.165, 1.54) is 18.2 Å². The molecule has 1 aliphatic rings. The van der Waals surface area contributed by atoms with Crippen LogP contribution in [0.15, 0.2) is 58.2 Å². The van der Waals surface area contributed by atoms with Gasteiger partial charge in [-0.15, -0.1) is 0 Å². The number of sulfonamides is 1. The first kappa shape index (κ1) is 17.7. The van der Waals surface area contributed by atoms with E-state index in [2.05, 4.69) is 15.0 Å². The average molecular weight is 414 g/mol. The van der Waals surface area contributed by atoms with Crippen molar-refractivity contribution < 1.29 is 22.1 Å². The van der Waals surface area contributed by atoms with Crippen molar-refractivity contribution in [3.05, 3.63) is 65.7 Å². The van der Waals surface area contributed by atoms with Crippen LogP contribution < -0.4 is 9.46 Å². The Morgan fingerprint density at radius 3 is 2.90 bits per heavy atom. The maximum absolute atomic E-state index is 14.0. The quantitative estimate of drug-likeness (QED) is 0.539. The molecule has 10 heteroatoms. The van der Waals surface area contributed by atoms with Crippen LogP contribution in [0.3, 0.4) is 0 Å². The summed E-state index contributed by atoms with van der Waals surface area (Å²) in [7, 11) is -4.19. The van der Waals surface area contributed by atoms with Gasteiger partial charge in [-0.1, -0.05) is 17.3 Å². The Bertz CT molecular complexity index is 1320. The smallest absolute Gasteiger partial charge is 0.266 e. The van der Waals surface area contributed by atoms with E-state index >= 15 is 0 Å². The van der Waals surface area contributed by atoms with E-state index in [0.717, 1.165) is 17.2 Å². The fourth-order valence-electron chi connectivity index (χ4n) is 3.48. The second-order valence-corrected chi connectivity index (χ2v) is 8.24. The number of hydrogen-bond donors (Lipinski definition) is 1. The lowest BCUT2D eigenvalue weighted by Crippen LogP contribution is -2.15. The Balaban J connectivity index is 1.59. The van der Waals surface area contributed by atoms with Gasteiger partial charge in [-0.25, -0.2) is 12.8 Å². The van der Waals surface area contributed by atoms with Gasteiger partial charge in [-0.05, 0) is 29.8 Å². The van der Waals surface area contributed by atoms with Crippen LogP contribution in [0.4, 0.5) is 10.2 Å². The van der Waals surface area contributed by atoms with E-state index in [0.29, 0.717) is 36.3 Å². The molecule has 1 N–H and O–H groups in total. The SMILES string of the molecule is O=S(=O)(Nc1noc2cc(Cn3cccn3)c3c(c12)OCC3)c1ccccc1F. The number of ether oxygens (including phenoxy) is 1. The summed E-state index contributed by atoms with van der Waals surface area (Å²) in [6.07, 6.45) is 4.21. The van der Waals surface area contributed by atoms with E-state index in [-0.39, 0.29) is 5.82 Å². The summed E-state index contributed by atoms with van der Waals surface area (Å²) < 4.78 is 54.5. The Hall–Kier alpha value is -3.40. The Labute approximate surface area is 164 Å². The third kappa shape index (κ3) is 3.01. The molecule has 0 radical (unpaired) electrons. The van der Waals surface area contributed by atoms with Gasteiger partial charge in [0.15, 0.2) is 11.4 Å². The number of fused-ring (bicyclic) bond motifs is 3. The predicted molar refractivity (Wildman–Crippen MR) is 102 cm³/mol. The molecule has 3 heterocycles. The van der Waals surface area contributed by atoms with Crippen molar-refractivity contribution in [2.45, 2.75) is 17.9 Å². The summed E-state index contributed by atoms with van der Waals surface area (Å²) in [5.74, 6) is -0.361. The third-order valence-electron chi connectivity index (χ3n) is 4.76. The summed E-state index contributed by atoms with van der Waals surface area (Å²) in [6.45, 7) is 0.983. The predicted octanol–water partition coefficient (Wildman–Crippen LogP) is 2.95. The molecule has 0 amide bonds. The Morgan fingerprint density at radius 2 is 2.10 bits per heavy atom. The van der Waals surface area contributed by atoms with Crippen LogP contribution in [0.25, 0.3) is 11.0 Å². The summed E-state index contributed by atoms with van der Waals surface area (Å²) in [4.78, 5) is -0.469. The average Bonchev–Trinajstić information content (AvgIpc) is 3.43. The Morgan fingerprint density at radius 1 is 1.24 bits per heavy atom. The van der Waals surface area contributed by atoms with Gasteiger partial charge in [0.25, 0.3) is 10.0 Å². The van der Waals surface area contributed by atoms with Gasteiger partial charge in [0, 0.05) is 24.4 Å². The fraction of sp³-hybridized carbons (Fsp3) is 0.158. The molecular formula is C19H15FN4O4S. The first-order valence-corrected chi connectivity index (χ1v) is 10.3. The molecule has 0 spiro atoms. The molecule has 2 aromatic carbocycles. The number of nitrogens with zero attached hydrogens (tertiary/aromatic N) is 3. The summed E-state index contributed by atoms with van der Waals surface area (Å²) in [5.41, 5.74) is 2.27. The molecule has 0 saturated heterocycles. The molecule has 8 nitrogen and oxygen atoms in total. The van der Waals surface area contributed by atoms with Crippen LogP contribution in [-0.2, 0) is 23.0 Å². The highest BCUT2D eigenvalue weighted by molar-refractivity contribution is 7.92. The number of aromatic nitrogens is 3. The van der Waals surface area contributed by atoms with Crippen LogP contribution >= 0.6 is 0 Å². The second kappa shape index (κ2) is 6.59. The molecule has 5 rings (SSSR count). The largest absolute Gasteiger partial charge is 0.492 e. The van der Waals surface area contributed by atoms with Crippen molar-refractivity contribution in [2.24, 2.45) is 0 Å². The van der Waals surface area contributed by atoms with Gasteiger partial charge in [0.1, 0.15) is 21.8 Å². The van der Waals surface area contributed by atoms with Gasteiger partial charge in [0.05, 0.1) is 13.2 Å². The minimum Gasteiger partial charge on any atom is -0.492 e. The first-order chi connectivity index (χ1) is 14.0. The maximum Gasteiger partial charge on any atom is 0.266 e. The maximum atomic E-state index is 14.0. The number of benzene rings is 2. The van der Waals surface area contributed by atoms with Crippen molar-refractivity contribution in [1.29, 1.82) is 0 Å². The van der Waals surface area contributed by atoms with Crippen LogP contribution in [0.2, 0.25) is 0 Å². The number of nitrogens with one attached hydrogen (secondary N) is 1. The molecule has 0 atom stereocenters. The molecule has 0 fully saturated rings. The molecule has 29 heavy (non-hydrogen) atoms. The summed E-state index contributed by atoms with van der Waals surface area (Å²) in [6, 6.07) is 8.77. The van der Waals surface area contributed by atoms with Gasteiger partial charge < -0.3 is 9.26 Å². The topological polar surface area (TPSA) is 99.2 Å². The normalized spacial score (nSPS) is 13.4. The lowest BCUT2D eigenvalue weighted by Gasteiger charge is -2.10. The van der Waals surface area contributed by atoms with Crippen molar-refractivity contribution in [3.63, 3.8) is 0 Å². The van der Waals surface area contributed by atoms with E-state index < -0.39 is 20.7 Å². The first-order valence-electron chi connectivity index (χ1n) is 8.84. The van der Waals surface area contributed by atoms with Crippen molar-refractivity contribution in [1.82, 2.24) is 14.9 Å². The molecule has 2 aromatic heterocycles. The van der Waals surface area contributed by atoms with Crippen molar-refractivity contribution in [2.75, 3.05) is 11.3 Å². The zero-order valence-corrected chi connectivity index (χ0v) is 15.8. The number of halogens is 1. The Kier molecular flexibility index (Phi) is 4.02. The monoisotopic (exact) mass is 414 g/mol. The van der Waals surface area contributed by atoms with Crippen LogP contribution in [0, 0.1) is 5.82 Å². The molecular weight excluding hydrogens is 399 g/mol. The van der Waals surface area contributed by atoms with Gasteiger partial charge in [-0.3, -0.25) is 9.40 Å². The summed E-state index contributed by atoms with van der Waals surface area (Å²) >= 11 is 0. The molecule has 0 unspecified atom stereocenters. The van der Waals surface area contributed by atoms with Crippen molar-refractivity contribution in [3.8, 4) is 5.75 Å². The fourth-order valence-corrected chi connectivity index (χ4v) is 4.56. The highest BCUT2D eigenvalue weighted by Gasteiger charge is 2.28. The summed E-state index contributed by atoms with van der Waals surface area (Å²) in [5, 5.41) is 8.49. The number of anilines is 1. The standard InChI is InChI=1S/C19H15FN4O4S/c20-14-4-1-2-5-16(14)29(25,26)23-19-17-15(28-22-19)10-12(11-24-8-3-7-21-24)13-6-9-27-18(13)17/h1-5,7-8,10H,6,9,11H2,(H,22,23). The lowest BCUT2D eigenvalue weighted by molar-refractivity contribution is 0.360. The highest BCUT2D eigenvalue weighted by Crippen LogP contribution is 2.41. The second-order valence-electron chi connectivity index (χ2n) is 6.59. The van der Waals surface area contributed by atoms with E-state index in [4.69, 9.17) is 9.26 Å². The molecule has 148 valence electrons. The third-order valence-corrected chi connectivity index (χ3v) is 6.13. The van der Waals surface area contributed by atoms with E-state index in [1.807, 2.05) is 12.3 Å². The van der Waals surface area contributed by atoms with Gasteiger partial charge in [-0.2, -0.15) is 5.10 Å². The molecule has 0 bridgehead atoms. The van der Waals surface area contributed by atoms with E-state index in [9.17, 15) is 12.8 Å². The molecule has 4 aromatic rings. The van der Waals surface area contributed by atoms with Crippen molar-refractivity contribution >= 4 is 26.8 Å². The van der Waals surface area contributed by atoms with Crippen LogP contribution in [0.5, 0.6) is 5.75 Å². The number of rotatable bonds is 5. The van der Waals surface area contributed by atoms with Crippen LogP contribution in [-0.4, -0.2) is 30.0 Å². The molecule has 0 saturated carbocycles. The lowest BCUT2D eigenvalue weighted by atomic mass is 10.0. The minimum absolute atomic E-state index is 0.0351. The molecule has 1 aliphatic heterocycles. The van der Waals surface area contributed by atoms with Gasteiger partial charge in [0.2, 0.25) is 0 Å². The van der Waals surface area contributed by atoms with Crippen LogP contribution in [0.1, 0.15) is 11.1 Å².